The standard InChI is InChI=1S/C25H24N4O3S2/c1-18-12-13-22(34(31,32)28(2)3)15-23(18)27-25-29(26-16-19-8-7-11-21(30)14-19)24(17-33-25)20-9-5-4-6-10-20/h4-17,30H,1-3H3/b26-16+,27-25?. The fourth-order valence-electron chi connectivity index (χ4n) is 3.21. The molecule has 1 N–H and O–H groups in total. The molecule has 4 aromatic rings. The third-order valence-corrected chi connectivity index (χ3v) is 7.75. The second-order valence-corrected chi connectivity index (χ2v) is 10.8. The zero-order chi connectivity index (χ0) is 24.3. The third-order valence-electron chi connectivity index (χ3n) is 5.12. The van der Waals surface area contributed by atoms with Crippen molar-refractivity contribution in [3.05, 3.63) is 94.1 Å². The number of nitrogens with zero attached hydrogens (tertiary/aromatic N) is 4. The van der Waals surface area contributed by atoms with Crippen molar-refractivity contribution in [3.63, 3.8) is 0 Å². The lowest BCUT2D eigenvalue weighted by molar-refractivity contribution is 0.475. The van der Waals surface area contributed by atoms with Crippen LogP contribution in [0.5, 0.6) is 5.75 Å². The lowest BCUT2D eigenvalue weighted by Gasteiger charge is -2.12. The Morgan fingerprint density at radius 3 is 2.47 bits per heavy atom. The van der Waals surface area contributed by atoms with E-state index < -0.39 is 10.0 Å². The average molecular weight is 493 g/mol. The maximum Gasteiger partial charge on any atom is 0.242 e. The molecule has 34 heavy (non-hydrogen) atoms. The van der Waals surface area contributed by atoms with Crippen molar-refractivity contribution >= 4 is 33.3 Å². The van der Waals surface area contributed by atoms with Gasteiger partial charge in [0.05, 0.1) is 22.5 Å². The largest absolute Gasteiger partial charge is 0.508 e. The molecule has 0 radical (unpaired) electrons. The highest BCUT2D eigenvalue weighted by Crippen LogP contribution is 2.25. The maximum absolute atomic E-state index is 12.6. The molecule has 7 nitrogen and oxygen atoms in total. The van der Waals surface area contributed by atoms with Crippen LogP contribution in [0.4, 0.5) is 5.69 Å². The molecular weight excluding hydrogens is 468 g/mol. The van der Waals surface area contributed by atoms with Crippen LogP contribution in [0.2, 0.25) is 0 Å². The number of sulfonamides is 1. The van der Waals surface area contributed by atoms with E-state index in [0.717, 1.165) is 22.4 Å². The van der Waals surface area contributed by atoms with E-state index in [1.54, 1.807) is 47.3 Å². The second-order valence-electron chi connectivity index (χ2n) is 7.77. The summed E-state index contributed by atoms with van der Waals surface area (Å²) in [7, 11) is -0.587. The molecule has 0 saturated carbocycles. The van der Waals surface area contributed by atoms with E-state index in [0.29, 0.717) is 10.5 Å². The molecule has 0 amide bonds. The molecule has 0 aliphatic heterocycles. The van der Waals surface area contributed by atoms with Gasteiger partial charge in [-0.3, -0.25) is 0 Å². The van der Waals surface area contributed by atoms with E-state index in [-0.39, 0.29) is 10.6 Å². The Balaban J connectivity index is 1.88. The summed E-state index contributed by atoms with van der Waals surface area (Å²) in [6, 6.07) is 21.6. The number of thiazole rings is 1. The van der Waals surface area contributed by atoms with Crippen LogP contribution >= 0.6 is 11.3 Å². The zero-order valence-electron chi connectivity index (χ0n) is 19.0. The molecule has 9 heteroatoms. The molecule has 0 aliphatic carbocycles. The minimum absolute atomic E-state index is 0.155. The van der Waals surface area contributed by atoms with Crippen molar-refractivity contribution in [1.82, 2.24) is 8.98 Å². The van der Waals surface area contributed by atoms with Gasteiger partial charge in [0.1, 0.15) is 5.75 Å². The summed E-state index contributed by atoms with van der Waals surface area (Å²) in [5, 5.41) is 16.4. The summed E-state index contributed by atoms with van der Waals surface area (Å²) >= 11 is 1.41. The number of rotatable bonds is 6. The minimum Gasteiger partial charge on any atom is -0.508 e. The van der Waals surface area contributed by atoms with E-state index in [1.807, 2.05) is 48.7 Å². The highest BCUT2D eigenvalue weighted by molar-refractivity contribution is 7.89. The molecule has 174 valence electrons. The van der Waals surface area contributed by atoms with Crippen LogP contribution < -0.4 is 4.80 Å². The Bertz CT molecular complexity index is 1520. The first-order valence-electron chi connectivity index (χ1n) is 10.4. The Labute approximate surface area is 202 Å². The first kappa shape index (κ1) is 23.6. The van der Waals surface area contributed by atoms with Gasteiger partial charge < -0.3 is 5.11 Å². The van der Waals surface area contributed by atoms with Gasteiger partial charge in [0.2, 0.25) is 14.8 Å². The Hall–Kier alpha value is -3.53. The van der Waals surface area contributed by atoms with E-state index in [4.69, 9.17) is 4.99 Å². The van der Waals surface area contributed by atoms with Gasteiger partial charge >= 0.3 is 0 Å². The zero-order valence-corrected chi connectivity index (χ0v) is 20.6. The van der Waals surface area contributed by atoms with Gasteiger partial charge in [-0.05, 0) is 42.3 Å². The van der Waals surface area contributed by atoms with Crippen LogP contribution in [0.1, 0.15) is 11.1 Å². The van der Waals surface area contributed by atoms with Crippen molar-refractivity contribution in [2.75, 3.05) is 14.1 Å². The second kappa shape index (κ2) is 9.76. The van der Waals surface area contributed by atoms with Gasteiger partial charge in [0.25, 0.3) is 0 Å². The molecule has 0 unspecified atom stereocenters. The predicted molar refractivity (Wildman–Crippen MR) is 136 cm³/mol. The molecule has 0 spiro atoms. The Kier molecular flexibility index (Phi) is 6.78. The molecule has 1 aromatic heterocycles. The maximum atomic E-state index is 12.6. The highest BCUT2D eigenvalue weighted by Gasteiger charge is 2.18. The molecule has 0 atom stereocenters. The summed E-state index contributed by atoms with van der Waals surface area (Å²) in [5.41, 5.74) is 3.94. The van der Waals surface area contributed by atoms with E-state index in [1.165, 1.54) is 29.7 Å². The number of benzene rings is 3. The van der Waals surface area contributed by atoms with Gasteiger partial charge in [-0.2, -0.15) is 5.10 Å². The molecular formula is C25H24N4O3S2. The predicted octanol–water partition coefficient (Wildman–Crippen LogP) is 4.60. The smallest absolute Gasteiger partial charge is 0.242 e. The van der Waals surface area contributed by atoms with Gasteiger partial charge in [0, 0.05) is 25.0 Å². The summed E-state index contributed by atoms with van der Waals surface area (Å²) in [4.78, 5) is 5.54. The van der Waals surface area contributed by atoms with Crippen LogP contribution in [0, 0.1) is 6.92 Å². The highest BCUT2D eigenvalue weighted by atomic mass is 32.2. The average Bonchev–Trinajstić information content (AvgIpc) is 3.22. The molecule has 4 rings (SSSR count). The van der Waals surface area contributed by atoms with Crippen molar-refractivity contribution in [1.29, 1.82) is 0 Å². The first-order valence-corrected chi connectivity index (χ1v) is 12.7. The lowest BCUT2D eigenvalue weighted by Crippen LogP contribution is -2.22. The quantitative estimate of drug-likeness (QED) is 0.399. The van der Waals surface area contributed by atoms with E-state index in [9.17, 15) is 13.5 Å². The van der Waals surface area contributed by atoms with Crippen LogP contribution in [0.25, 0.3) is 11.3 Å². The fraction of sp³-hybridized carbons (Fsp3) is 0.120. The van der Waals surface area contributed by atoms with Gasteiger partial charge in [-0.25, -0.2) is 22.4 Å². The molecule has 1 heterocycles. The number of hydrogen-bond donors (Lipinski definition) is 1. The Morgan fingerprint density at radius 2 is 1.76 bits per heavy atom. The van der Waals surface area contributed by atoms with Gasteiger partial charge in [-0.1, -0.05) is 48.5 Å². The van der Waals surface area contributed by atoms with Crippen LogP contribution in [0.3, 0.4) is 0 Å². The summed E-state index contributed by atoms with van der Waals surface area (Å²) < 4.78 is 28.2. The number of hydrogen-bond acceptors (Lipinski definition) is 6. The number of aromatic nitrogens is 1. The van der Waals surface area contributed by atoms with Crippen LogP contribution in [-0.2, 0) is 10.0 Å². The molecule has 3 aromatic carbocycles. The number of aryl methyl sites for hydroxylation is 1. The summed E-state index contributed by atoms with van der Waals surface area (Å²) in [5.74, 6) is 0.155. The van der Waals surface area contributed by atoms with Crippen LogP contribution in [-0.4, -0.2) is 42.8 Å². The molecule has 0 saturated heterocycles. The summed E-state index contributed by atoms with van der Waals surface area (Å²) in [6.07, 6.45) is 1.65. The molecule has 0 aliphatic rings. The normalized spacial score (nSPS) is 12.6. The Morgan fingerprint density at radius 1 is 1.00 bits per heavy atom. The number of phenols is 1. The third kappa shape index (κ3) is 5.01. The molecule has 0 bridgehead atoms. The van der Waals surface area contributed by atoms with Gasteiger partial charge in [-0.15, -0.1) is 11.3 Å². The van der Waals surface area contributed by atoms with Crippen molar-refractivity contribution in [2.24, 2.45) is 10.1 Å². The van der Waals surface area contributed by atoms with E-state index >= 15 is 0 Å². The minimum atomic E-state index is -3.59. The monoisotopic (exact) mass is 492 g/mol. The number of aromatic hydroxyl groups is 1. The molecule has 0 fully saturated rings. The topological polar surface area (TPSA) is 87.3 Å². The summed E-state index contributed by atoms with van der Waals surface area (Å²) in [6.45, 7) is 1.89. The fourth-order valence-corrected chi connectivity index (χ4v) is 4.98. The van der Waals surface area contributed by atoms with E-state index in [2.05, 4.69) is 5.10 Å². The van der Waals surface area contributed by atoms with Crippen LogP contribution in [0.15, 0.2) is 93.2 Å². The first-order chi connectivity index (χ1) is 16.3. The van der Waals surface area contributed by atoms with Crippen molar-refractivity contribution < 1.29 is 13.5 Å². The lowest BCUT2D eigenvalue weighted by atomic mass is 10.2. The SMILES string of the molecule is Cc1ccc(S(=O)(=O)N(C)C)cc1N=c1scc(-c2ccccc2)n1/N=C/c1cccc(O)c1. The van der Waals surface area contributed by atoms with Gasteiger partial charge in [0.15, 0.2) is 0 Å². The number of phenolic OH excluding ortho intramolecular Hbond substituents is 1. The van der Waals surface area contributed by atoms with Crippen molar-refractivity contribution in [2.45, 2.75) is 11.8 Å². The van der Waals surface area contributed by atoms with Crippen molar-refractivity contribution in [3.8, 4) is 17.0 Å².